The number of thioether (sulfide) groups is 1. The second-order valence-electron chi connectivity index (χ2n) is 6.80. The lowest BCUT2D eigenvalue weighted by atomic mass is 10.2. The van der Waals surface area contributed by atoms with E-state index in [2.05, 4.69) is 10.3 Å². The number of hydrogen-bond donors (Lipinski definition) is 1. The van der Waals surface area contributed by atoms with Gasteiger partial charge in [0.25, 0.3) is 5.56 Å². The number of aromatic nitrogens is 2. The van der Waals surface area contributed by atoms with Crippen molar-refractivity contribution in [2.75, 3.05) is 12.9 Å². The van der Waals surface area contributed by atoms with E-state index in [9.17, 15) is 9.59 Å². The predicted molar refractivity (Wildman–Crippen MR) is 125 cm³/mol. The van der Waals surface area contributed by atoms with Crippen LogP contribution in [-0.4, -0.2) is 28.3 Å². The molecule has 4 aromatic rings. The monoisotopic (exact) mass is 451 g/mol. The Morgan fingerprint density at radius 3 is 2.68 bits per heavy atom. The van der Waals surface area contributed by atoms with Crippen LogP contribution in [0.1, 0.15) is 10.4 Å². The first-order chi connectivity index (χ1) is 15.1. The molecule has 0 saturated carbocycles. The van der Waals surface area contributed by atoms with E-state index >= 15 is 0 Å². The third-order valence-electron chi connectivity index (χ3n) is 4.70. The minimum Gasteiger partial charge on any atom is -0.497 e. The molecule has 0 spiro atoms. The summed E-state index contributed by atoms with van der Waals surface area (Å²) in [7, 11) is 1.62. The Kier molecular flexibility index (Phi) is 6.69. The Balaban J connectivity index is 1.57. The van der Waals surface area contributed by atoms with Crippen LogP contribution in [-0.2, 0) is 17.9 Å². The molecule has 0 fully saturated rings. The molecule has 0 aliphatic carbocycles. The number of carbonyl (C=O) groups is 1. The molecule has 2 heterocycles. The van der Waals surface area contributed by atoms with Crippen LogP contribution in [0.2, 0.25) is 0 Å². The summed E-state index contributed by atoms with van der Waals surface area (Å²) in [5, 5.41) is 5.97. The van der Waals surface area contributed by atoms with E-state index in [1.807, 2.05) is 60.0 Å². The third kappa shape index (κ3) is 5.15. The van der Waals surface area contributed by atoms with Gasteiger partial charge in [0.05, 0.1) is 36.9 Å². The molecular weight excluding hydrogens is 430 g/mol. The summed E-state index contributed by atoms with van der Waals surface area (Å²) in [5.74, 6) is 0.834. The minimum absolute atomic E-state index is 0.100. The molecule has 158 valence electrons. The summed E-state index contributed by atoms with van der Waals surface area (Å²) < 4.78 is 6.84. The third-order valence-corrected chi connectivity index (χ3v) is 6.55. The topological polar surface area (TPSA) is 73.2 Å². The fourth-order valence-corrected chi connectivity index (χ4v) is 4.56. The van der Waals surface area contributed by atoms with Gasteiger partial charge in [0.15, 0.2) is 5.16 Å². The number of carbonyl (C=O) groups excluding carboxylic acids is 1. The number of nitrogens with zero attached hydrogens (tertiary/aromatic N) is 2. The molecule has 0 radical (unpaired) electrons. The number of amides is 1. The largest absolute Gasteiger partial charge is 0.497 e. The maximum atomic E-state index is 13.2. The zero-order valence-corrected chi connectivity index (χ0v) is 18.5. The van der Waals surface area contributed by atoms with Gasteiger partial charge in [-0.25, -0.2) is 4.98 Å². The number of nitrogens with one attached hydrogen (secondary N) is 1. The Hall–Kier alpha value is -3.10. The second-order valence-corrected chi connectivity index (χ2v) is 8.77. The highest BCUT2D eigenvalue weighted by Gasteiger charge is 2.14. The highest BCUT2D eigenvalue weighted by Crippen LogP contribution is 2.20. The van der Waals surface area contributed by atoms with Crippen LogP contribution in [0.5, 0.6) is 5.75 Å². The Bertz CT molecular complexity index is 1240. The van der Waals surface area contributed by atoms with Crippen molar-refractivity contribution in [2.45, 2.75) is 18.2 Å². The average Bonchev–Trinajstić information content (AvgIpc) is 3.32. The number of thiophene rings is 1. The molecule has 31 heavy (non-hydrogen) atoms. The molecule has 2 aromatic carbocycles. The minimum atomic E-state index is -0.122. The SMILES string of the molecule is COc1ccc(Cn2c(SCC(=O)NCc3cccs3)nc3ccccc3c2=O)cc1. The van der Waals surface area contributed by atoms with E-state index in [0.717, 1.165) is 16.2 Å². The fourth-order valence-electron chi connectivity index (χ4n) is 3.09. The van der Waals surface area contributed by atoms with E-state index in [1.54, 1.807) is 29.1 Å². The predicted octanol–water partition coefficient (Wildman–Crippen LogP) is 3.92. The Morgan fingerprint density at radius 1 is 1.13 bits per heavy atom. The van der Waals surface area contributed by atoms with Crippen molar-refractivity contribution in [3.8, 4) is 5.75 Å². The first-order valence-corrected chi connectivity index (χ1v) is 11.5. The van der Waals surface area contributed by atoms with Gasteiger partial charge < -0.3 is 10.1 Å². The Labute approximate surface area is 187 Å². The highest BCUT2D eigenvalue weighted by molar-refractivity contribution is 7.99. The number of fused-ring (bicyclic) bond motifs is 1. The second kappa shape index (κ2) is 9.80. The number of para-hydroxylation sites is 1. The van der Waals surface area contributed by atoms with Gasteiger partial charge in [0.1, 0.15) is 5.75 Å². The molecule has 0 unspecified atom stereocenters. The van der Waals surface area contributed by atoms with E-state index in [1.165, 1.54) is 11.8 Å². The van der Waals surface area contributed by atoms with Gasteiger partial charge in [-0.2, -0.15) is 0 Å². The van der Waals surface area contributed by atoms with Crippen LogP contribution in [0.15, 0.2) is 76.0 Å². The van der Waals surface area contributed by atoms with Crippen LogP contribution in [0, 0.1) is 0 Å². The zero-order valence-electron chi connectivity index (χ0n) is 16.9. The quantitative estimate of drug-likeness (QED) is 0.325. The number of benzene rings is 2. The van der Waals surface area contributed by atoms with Crippen molar-refractivity contribution in [3.05, 3.63) is 86.8 Å². The molecule has 0 saturated heterocycles. The van der Waals surface area contributed by atoms with Crippen molar-refractivity contribution in [1.29, 1.82) is 0 Å². The maximum Gasteiger partial charge on any atom is 0.262 e. The van der Waals surface area contributed by atoms with Gasteiger partial charge >= 0.3 is 0 Å². The number of rotatable bonds is 8. The van der Waals surface area contributed by atoms with Gasteiger partial charge in [-0.3, -0.25) is 14.2 Å². The van der Waals surface area contributed by atoms with E-state index < -0.39 is 0 Å². The highest BCUT2D eigenvalue weighted by atomic mass is 32.2. The molecule has 0 bridgehead atoms. The van der Waals surface area contributed by atoms with Gasteiger partial charge in [-0.15, -0.1) is 11.3 Å². The van der Waals surface area contributed by atoms with Gasteiger partial charge in [0.2, 0.25) is 5.91 Å². The molecule has 0 aliphatic rings. The first kappa shape index (κ1) is 21.1. The smallest absolute Gasteiger partial charge is 0.262 e. The summed E-state index contributed by atoms with van der Waals surface area (Å²) in [6.07, 6.45) is 0. The van der Waals surface area contributed by atoms with E-state index in [0.29, 0.717) is 29.1 Å². The van der Waals surface area contributed by atoms with E-state index in [4.69, 9.17) is 4.74 Å². The van der Waals surface area contributed by atoms with Crippen LogP contribution >= 0.6 is 23.1 Å². The van der Waals surface area contributed by atoms with Gasteiger partial charge in [-0.05, 0) is 41.3 Å². The van der Waals surface area contributed by atoms with Gasteiger partial charge in [0, 0.05) is 4.88 Å². The summed E-state index contributed by atoms with van der Waals surface area (Å²) >= 11 is 2.87. The summed E-state index contributed by atoms with van der Waals surface area (Å²) in [6, 6.07) is 18.8. The molecule has 1 N–H and O–H groups in total. The molecule has 1 amide bonds. The summed E-state index contributed by atoms with van der Waals surface area (Å²) in [4.78, 5) is 31.3. The standard InChI is InChI=1S/C23H21N3O3S2/c1-29-17-10-8-16(9-11-17)14-26-22(28)19-6-2-3-7-20(19)25-23(26)31-15-21(27)24-13-18-5-4-12-30-18/h2-12H,13-15H2,1H3,(H,24,27). The van der Waals surface area contributed by atoms with Gasteiger partial charge in [-0.1, -0.05) is 42.1 Å². The van der Waals surface area contributed by atoms with Crippen molar-refractivity contribution in [2.24, 2.45) is 0 Å². The number of hydrogen-bond acceptors (Lipinski definition) is 6. The molecule has 8 heteroatoms. The number of ether oxygens (including phenoxy) is 1. The molecule has 6 nitrogen and oxygen atoms in total. The molecule has 2 aromatic heterocycles. The average molecular weight is 452 g/mol. The van der Waals surface area contributed by atoms with Crippen LogP contribution in [0.25, 0.3) is 10.9 Å². The van der Waals surface area contributed by atoms with Crippen LogP contribution in [0.4, 0.5) is 0 Å². The van der Waals surface area contributed by atoms with Crippen molar-refractivity contribution in [3.63, 3.8) is 0 Å². The molecule has 0 aliphatic heterocycles. The molecule has 0 atom stereocenters. The zero-order chi connectivity index (χ0) is 21.6. The summed E-state index contributed by atoms with van der Waals surface area (Å²) in [6.45, 7) is 0.862. The summed E-state index contributed by atoms with van der Waals surface area (Å²) in [5.41, 5.74) is 1.45. The lowest BCUT2D eigenvalue weighted by Crippen LogP contribution is -2.27. The molecule has 4 rings (SSSR count). The van der Waals surface area contributed by atoms with Crippen molar-refractivity contribution >= 4 is 39.9 Å². The number of methoxy groups -OCH3 is 1. The maximum absolute atomic E-state index is 13.2. The van der Waals surface area contributed by atoms with Crippen molar-refractivity contribution in [1.82, 2.24) is 14.9 Å². The first-order valence-electron chi connectivity index (χ1n) is 9.68. The lowest BCUT2D eigenvalue weighted by molar-refractivity contribution is -0.118. The fraction of sp³-hybridized carbons (Fsp3) is 0.174. The normalized spacial score (nSPS) is 10.9. The Morgan fingerprint density at radius 2 is 1.94 bits per heavy atom. The molecular formula is C23H21N3O3S2. The lowest BCUT2D eigenvalue weighted by Gasteiger charge is -2.13. The van der Waals surface area contributed by atoms with Crippen LogP contribution in [0.3, 0.4) is 0 Å². The van der Waals surface area contributed by atoms with E-state index in [-0.39, 0.29) is 17.2 Å². The van der Waals surface area contributed by atoms with Crippen molar-refractivity contribution < 1.29 is 9.53 Å². The van der Waals surface area contributed by atoms with Crippen LogP contribution < -0.4 is 15.6 Å².